The van der Waals surface area contributed by atoms with Crippen molar-refractivity contribution in [1.29, 1.82) is 0 Å². The molecule has 1 aliphatic carbocycles. The molecule has 1 N–H and O–H groups in total. The Bertz CT molecular complexity index is 868. The van der Waals surface area contributed by atoms with Crippen molar-refractivity contribution in [2.24, 2.45) is 0 Å². The van der Waals surface area contributed by atoms with Crippen molar-refractivity contribution in [1.82, 2.24) is 4.90 Å². The van der Waals surface area contributed by atoms with E-state index in [1.54, 1.807) is 25.3 Å². The van der Waals surface area contributed by atoms with Crippen LogP contribution in [0.2, 0.25) is 0 Å². The van der Waals surface area contributed by atoms with Crippen LogP contribution in [0.4, 0.5) is 5.69 Å². The van der Waals surface area contributed by atoms with Gasteiger partial charge in [0, 0.05) is 19.2 Å². The van der Waals surface area contributed by atoms with Gasteiger partial charge in [0.2, 0.25) is 5.91 Å². The summed E-state index contributed by atoms with van der Waals surface area (Å²) in [5.41, 5.74) is 1.94. The number of methoxy groups -OCH3 is 1. The van der Waals surface area contributed by atoms with Gasteiger partial charge in [0.15, 0.2) is 0 Å². The Morgan fingerprint density at radius 3 is 2.41 bits per heavy atom. The summed E-state index contributed by atoms with van der Waals surface area (Å²) in [6.45, 7) is 0. The van der Waals surface area contributed by atoms with Crippen LogP contribution in [0.25, 0.3) is 6.08 Å². The number of amides is 2. The van der Waals surface area contributed by atoms with Crippen molar-refractivity contribution in [3.8, 4) is 5.75 Å². The zero-order valence-electron chi connectivity index (χ0n) is 17.1. The molecule has 0 unspecified atom stereocenters. The fraction of sp³-hybridized carbons (Fsp3) is 0.333. The molecule has 0 radical (unpaired) electrons. The third-order valence-corrected chi connectivity index (χ3v) is 5.40. The van der Waals surface area contributed by atoms with Gasteiger partial charge in [-0.05, 0) is 48.7 Å². The standard InChI is InChI=1S/C24H28N2O3/c1-26(19-8-4-3-5-9-19)24(28)21-10-6-7-11-22(21)25-23(27)17-14-18-12-15-20(29-2)16-13-18/h6-7,10-17,19H,3-5,8-9H2,1-2H3,(H,25,27). The molecular formula is C24H28N2O3. The van der Waals surface area contributed by atoms with Gasteiger partial charge < -0.3 is 15.0 Å². The number of carbonyl (C=O) groups is 2. The molecular weight excluding hydrogens is 364 g/mol. The van der Waals surface area contributed by atoms with Crippen LogP contribution in [0.1, 0.15) is 48.0 Å². The first kappa shape index (κ1) is 20.6. The van der Waals surface area contributed by atoms with Gasteiger partial charge in [-0.15, -0.1) is 0 Å². The van der Waals surface area contributed by atoms with E-state index in [2.05, 4.69) is 5.32 Å². The summed E-state index contributed by atoms with van der Waals surface area (Å²) in [5, 5.41) is 2.84. The van der Waals surface area contributed by atoms with Gasteiger partial charge in [-0.1, -0.05) is 43.5 Å². The van der Waals surface area contributed by atoms with Crippen LogP contribution in [0, 0.1) is 0 Å². The van der Waals surface area contributed by atoms with E-state index in [9.17, 15) is 9.59 Å². The molecule has 0 aromatic heterocycles. The molecule has 152 valence electrons. The Morgan fingerprint density at radius 2 is 1.72 bits per heavy atom. The lowest BCUT2D eigenvalue weighted by atomic mass is 9.94. The highest BCUT2D eigenvalue weighted by Gasteiger charge is 2.24. The SMILES string of the molecule is COc1ccc(C=CC(=O)Nc2ccccc2C(=O)N(C)C2CCCCC2)cc1. The molecule has 1 aliphatic rings. The van der Waals surface area contributed by atoms with Gasteiger partial charge >= 0.3 is 0 Å². The van der Waals surface area contributed by atoms with Crippen molar-refractivity contribution >= 4 is 23.6 Å². The van der Waals surface area contributed by atoms with E-state index in [-0.39, 0.29) is 17.9 Å². The van der Waals surface area contributed by atoms with Gasteiger partial charge in [0.25, 0.3) is 5.91 Å². The number of carbonyl (C=O) groups excluding carboxylic acids is 2. The number of hydrogen-bond donors (Lipinski definition) is 1. The first-order chi connectivity index (χ1) is 14.1. The second kappa shape index (κ2) is 9.92. The number of para-hydroxylation sites is 1. The van der Waals surface area contributed by atoms with Crippen molar-refractivity contribution in [3.05, 3.63) is 65.7 Å². The summed E-state index contributed by atoms with van der Waals surface area (Å²) in [6.07, 6.45) is 8.85. The molecule has 0 saturated heterocycles. The monoisotopic (exact) mass is 392 g/mol. The summed E-state index contributed by atoms with van der Waals surface area (Å²) in [6, 6.07) is 14.9. The first-order valence-corrected chi connectivity index (χ1v) is 10.1. The van der Waals surface area contributed by atoms with Gasteiger partial charge in [-0.3, -0.25) is 9.59 Å². The Hall–Kier alpha value is -3.08. The molecule has 2 amide bonds. The number of anilines is 1. The zero-order chi connectivity index (χ0) is 20.6. The van der Waals surface area contributed by atoms with E-state index < -0.39 is 0 Å². The molecule has 0 spiro atoms. The van der Waals surface area contributed by atoms with Crippen molar-refractivity contribution in [3.63, 3.8) is 0 Å². The van der Waals surface area contributed by atoms with Crippen LogP contribution in [0.3, 0.4) is 0 Å². The lowest BCUT2D eigenvalue weighted by Crippen LogP contribution is -2.38. The minimum absolute atomic E-state index is 0.0491. The fourth-order valence-corrected chi connectivity index (χ4v) is 3.66. The van der Waals surface area contributed by atoms with Crippen molar-refractivity contribution in [2.75, 3.05) is 19.5 Å². The maximum absolute atomic E-state index is 13.0. The summed E-state index contributed by atoms with van der Waals surface area (Å²) < 4.78 is 5.13. The molecule has 1 saturated carbocycles. The highest BCUT2D eigenvalue weighted by molar-refractivity contribution is 6.07. The fourth-order valence-electron chi connectivity index (χ4n) is 3.66. The number of ether oxygens (including phenoxy) is 1. The normalized spacial score (nSPS) is 14.6. The lowest BCUT2D eigenvalue weighted by molar-refractivity contribution is -0.111. The number of nitrogens with one attached hydrogen (secondary N) is 1. The van der Waals surface area contributed by atoms with Gasteiger partial charge in [0.1, 0.15) is 5.75 Å². The van der Waals surface area contributed by atoms with E-state index in [0.29, 0.717) is 11.3 Å². The molecule has 0 bridgehead atoms. The third-order valence-electron chi connectivity index (χ3n) is 5.40. The smallest absolute Gasteiger partial charge is 0.255 e. The Labute approximate surface area is 172 Å². The quantitative estimate of drug-likeness (QED) is 0.722. The molecule has 2 aromatic rings. The number of rotatable bonds is 6. The third kappa shape index (κ3) is 5.47. The van der Waals surface area contributed by atoms with Crippen LogP contribution < -0.4 is 10.1 Å². The molecule has 3 rings (SSSR count). The second-order valence-corrected chi connectivity index (χ2v) is 7.35. The van der Waals surface area contributed by atoms with E-state index in [1.165, 1.54) is 12.5 Å². The highest BCUT2D eigenvalue weighted by atomic mass is 16.5. The summed E-state index contributed by atoms with van der Waals surface area (Å²) in [5.74, 6) is 0.439. The molecule has 2 aromatic carbocycles. The van der Waals surface area contributed by atoms with E-state index in [4.69, 9.17) is 4.74 Å². The summed E-state index contributed by atoms with van der Waals surface area (Å²) >= 11 is 0. The van der Waals surface area contributed by atoms with E-state index in [1.807, 2.05) is 48.3 Å². The van der Waals surface area contributed by atoms with Crippen molar-refractivity contribution < 1.29 is 14.3 Å². The van der Waals surface area contributed by atoms with Crippen molar-refractivity contribution in [2.45, 2.75) is 38.1 Å². The predicted molar refractivity (Wildman–Crippen MR) is 116 cm³/mol. The van der Waals surface area contributed by atoms with Gasteiger partial charge in [-0.25, -0.2) is 0 Å². The van der Waals surface area contributed by atoms with E-state index in [0.717, 1.165) is 37.0 Å². The Morgan fingerprint density at radius 1 is 1.03 bits per heavy atom. The maximum Gasteiger partial charge on any atom is 0.255 e. The number of hydrogen-bond acceptors (Lipinski definition) is 3. The zero-order valence-corrected chi connectivity index (χ0v) is 17.1. The molecule has 29 heavy (non-hydrogen) atoms. The predicted octanol–water partition coefficient (Wildman–Crippen LogP) is 4.75. The average molecular weight is 392 g/mol. The first-order valence-electron chi connectivity index (χ1n) is 10.1. The van der Waals surface area contributed by atoms with E-state index >= 15 is 0 Å². The lowest BCUT2D eigenvalue weighted by Gasteiger charge is -2.31. The van der Waals surface area contributed by atoms with Crippen LogP contribution in [-0.2, 0) is 4.79 Å². The summed E-state index contributed by atoms with van der Waals surface area (Å²) in [7, 11) is 3.48. The Balaban J connectivity index is 1.68. The largest absolute Gasteiger partial charge is 0.497 e. The molecule has 1 fully saturated rings. The minimum atomic E-state index is -0.276. The van der Waals surface area contributed by atoms with Gasteiger partial charge in [0.05, 0.1) is 18.4 Å². The summed E-state index contributed by atoms with van der Waals surface area (Å²) in [4.78, 5) is 27.3. The van der Waals surface area contributed by atoms with Gasteiger partial charge in [-0.2, -0.15) is 0 Å². The molecule has 5 nitrogen and oxygen atoms in total. The molecule has 5 heteroatoms. The highest BCUT2D eigenvalue weighted by Crippen LogP contribution is 2.25. The van der Waals surface area contributed by atoms with Crippen LogP contribution in [-0.4, -0.2) is 36.9 Å². The maximum atomic E-state index is 13.0. The number of nitrogens with zero attached hydrogens (tertiary/aromatic N) is 1. The molecule has 0 atom stereocenters. The second-order valence-electron chi connectivity index (χ2n) is 7.35. The molecule has 0 heterocycles. The molecule has 0 aliphatic heterocycles. The van der Waals surface area contributed by atoms with Crippen LogP contribution >= 0.6 is 0 Å². The minimum Gasteiger partial charge on any atom is -0.497 e. The Kier molecular flexibility index (Phi) is 7.06. The van der Waals surface area contributed by atoms with Crippen LogP contribution in [0.15, 0.2) is 54.6 Å². The number of benzene rings is 2. The topological polar surface area (TPSA) is 58.6 Å². The average Bonchev–Trinajstić information content (AvgIpc) is 2.78. The van der Waals surface area contributed by atoms with Crippen LogP contribution in [0.5, 0.6) is 5.75 Å².